The number of rotatable bonds is 5. The van der Waals surface area contributed by atoms with E-state index in [0.29, 0.717) is 0 Å². The number of unbranched alkanes of at least 4 members (excludes halogenated alkanes) is 2. The van der Waals surface area contributed by atoms with E-state index in [1.807, 2.05) is 6.08 Å². The van der Waals surface area contributed by atoms with Crippen LogP contribution in [0.3, 0.4) is 0 Å². The summed E-state index contributed by atoms with van der Waals surface area (Å²) in [4.78, 5) is 18.8. The molecule has 0 heterocycles. The van der Waals surface area contributed by atoms with Gasteiger partial charge in [0.15, 0.2) is 0 Å². The monoisotopic (exact) mass is 269 g/mol. The molecule has 0 fully saturated rings. The van der Waals surface area contributed by atoms with Crippen LogP contribution in [0.15, 0.2) is 12.7 Å². The van der Waals surface area contributed by atoms with Crippen molar-refractivity contribution in [1.82, 2.24) is 0 Å². The van der Waals surface area contributed by atoms with Crippen molar-refractivity contribution in [2.75, 3.05) is 0 Å². The number of hydrogen-bond donors (Lipinski definition) is 3. The van der Waals surface area contributed by atoms with Crippen molar-refractivity contribution in [3.05, 3.63) is 12.7 Å². The van der Waals surface area contributed by atoms with Crippen molar-refractivity contribution in [3.8, 4) is 0 Å². The molecule has 0 aromatic heterocycles. The van der Waals surface area contributed by atoms with Crippen LogP contribution < -0.4 is 29.6 Å². The Morgan fingerprint density at radius 2 is 1.67 bits per heavy atom. The van der Waals surface area contributed by atoms with Gasteiger partial charge in [0.25, 0.3) is 0 Å². The van der Waals surface area contributed by atoms with E-state index in [9.17, 15) is 9.59 Å². The standard InChI is InChI=1S/C6H12.C3H5NO2.C3H6O2.Na.H/c1-3-5-6-4-2;1-2(4)3(5)6;1-2-3(4)5;;/h3H,1,4-6H2,2H3;4H,1H3,(H,5,6);2H2,1H3,(H,4,5);;/q;;;+1;-1. The first-order valence-electron chi connectivity index (χ1n) is 5.44. The largest absolute Gasteiger partial charge is 1.00 e. The quantitative estimate of drug-likeness (QED) is 0.285. The predicted molar refractivity (Wildman–Crippen MR) is 69.8 cm³/mol. The molecule has 102 valence electrons. The molecular weight excluding hydrogens is 245 g/mol. The van der Waals surface area contributed by atoms with Crippen LogP contribution in [0, 0.1) is 5.41 Å². The third-order valence-electron chi connectivity index (χ3n) is 1.39. The van der Waals surface area contributed by atoms with Crippen LogP contribution in [0.2, 0.25) is 0 Å². The van der Waals surface area contributed by atoms with E-state index in [1.165, 1.54) is 26.2 Å². The molecule has 0 spiro atoms. The van der Waals surface area contributed by atoms with Gasteiger partial charge in [-0.05, 0) is 13.3 Å². The summed E-state index contributed by atoms with van der Waals surface area (Å²) in [5.74, 6) is -1.90. The Labute approximate surface area is 133 Å². The first kappa shape index (κ1) is 26.0. The Balaban J connectivity index is -0.0000000492. The molecule has 0 aromatic carbocycles. The predicted octanol–water partition coefficient (Wildman–Crippen LogP) is 0.0708. The molecule has 0 rings (SSSR count). The van der Waals surface area contributed by atoms with Crippen molar-refractivity contribution in [2.45, 2.75) is 46.5 Å². The molecular formula is C12H24NNaO4. The fourth-order valence-electron chi connectivity index (χ4n) is 0.348. The van der Waals surface area contributed by atoms with E-state index >= 15 is 0 Å². The van der Waals surface area contributed by atoms with Crippen molar-refractivity contribution in [3.63, 3.8) is 0 Å². The Morgan fingerprint density at radius 3 is 1.72 bits per heavy atom. The molecule has 5 nitrogen and oxygen atoms in total. The summed E-state index contributed by atoms with van der Waals surface area (Å²) in [6, 6.07) is 0. The average molecular weight is 269 g/mol. The minimum absolute atomic E-state index is 0. The fraction of sp³-hybridized carbons (Fsp3) is 0.583. The van der Waals surface area contributed by atoms with Crippen molar-refractivity contribution in [1.29, 1.82) is 5.41 Å². The first-order valence-corrected chi connectivity index (χ1v) is 5.44. The van der Waals surface area contributed by atoms with Crippen molar-refractivity contribution >= 4 is 17.7 Å². The third kappa shape index (κ3) is 45.3. The van der Waals surface area contributed by atoms with Crippen LogP contribution in [0.25, 0.3) is 0 Å². The Morgan fingerprint density at radius 1 is 1.33 bits per heavy atom. The van der Waals surface area contributed by atoms with Crippen LogP contribution in [0.1, 0.15) is 47.9 Å². The van der Waals surface area contributed by atoms with E-state index in [1.54, 1.807) is 6.92 Å². The number of allylic oxidation sites excluding steroid dienone is 1. The van der Waals surface area contributed by atoms with Crippen LogP contribution in [-0.2, 0) is 9.59 Å². The van der Waals surface area contributed by atoms with Crippen LogP contribution >= 0.6 is 0 Å². The number of hydrogen-bond acceptors (Lipinski definition) is 3. The molecule has 0 aliphatic carbocycles. The van der Waals surface area contributed by atoms with Gasteiger partial charge in [0, 0.05) is 6.42 Å². The van der Waals surface area contributed by atoms with Gasteiger partial charge < -0.3 is 11.6 Å². The zero-order chi connectivity index (χ0) is 14.3. The van der Waals surface area contributed by atoms with Gasteiger partial charge in [-0.1, -0.05) is 32.8 Å². The Bertz CT molecular complexity index is 236. The molecule has 0 aliphatic heterocycles. The van der Waals surface area contributed by atoms with E-state index in [-0.39, 0.29) is 43.1 Å². The molecule has 0 radical (unpaired) electrons. The van der Waals surface area contributed by atoms with Gasteiger partial charge >= 0.3 is 41.5 Å². The molecule has 0 atom stereocenters. The third-order valence-corrected chi connectivity index (χ3v) is 1.39. The van der Waals surface area contributed by atoms with Gasteiger partial charge in [0.1, 0.15) is 5.71 Å². The zero-order valence-corrected chi connectivity index (χ0v) is 13.8. The van der Waals surface area contributed by atoms with Gasteiger partial charge in [0.05, 0.1) is 0 Å². The number of carboxylic acid groups (broad SMARTS) is 2. The maximum atomic E-state index is 9.47. The van der Waals surface area contributed by atoms with E-state index in [4.69, 9.17) is 15.6 Å². The molecule has 6 heteroatoms. The fourth-order valence-corrected chi connectivity index (χ4v) is 0.348. The molecule has 18 heavy (non-hydrogen) atoms. The van der Waals surface area contributed by atoms with E-state index in [2.05, 4.69) is 13.5 Å². The van der Waals surface area contributed by atoms with Gasteiger partial charge in [-0.2, -0.15) is 0 Å². The summed E-state index contributed by atoms with van der Waals surface area (Å²) >= 11 is 0. The maximum absolute atomic E-state index is 9.47. The molecule has 0 aliphatic rings. The second-order valence-electron chi connectivity index (χ2n) is 3.11. The normalized spacial score (nSPS) is 7.28. The molecule has 0 saturated heterocycles. The molecule has 0 unspecified atom stereocenters. The van der Waals surface area contributed by atoms with Gasteiger partial charge in [-0.3, -0.25) is 10.2 Å². The zero-order valence-electron chi connectivity index (χ0n) is 12.8. The number of aliphatic carboxylic acids is 2. The number of carboxylic acids is 2. The molecule has 3 N–H and O–H groups in total. The van der Waals surface area contributed by atoms with Crippen LogP contribution in [0.4, 0.5) is 0 Å². The summed E-state index contributed by atoms with van der Waals surface area (Å²) < 4.78 is 0. The second-order valence-corrected chi connectivity index (χ2v) is 3.11. The van der Waals surface area contributed by atoms with Gasteiger partial charge in [-0.15, -0.1) is 6.58 Å². The summed E-state index contributed by atoms with van der Waals surface area (Å²) in [7, 11) is 0. The topological polar surface area (TPSA) is 98.5 Å². The van der Waals surface area contributed by atoms with Crippen LogP contribution in [-0.4, -0.2) is 27.9 Å². The number of nitrogens with one attached hydrogen (secondary N) is 1. The summed E-state index contributed by atoms with van der Waals surface area (Å²) in [5.41, 5.74) is -0.324. The Kier molecular flexibility index (Phi) is 31.3. The Hall–Kier alpha value is -0.650. The summed E-state index contributed by atoms with van der Waals surface area (Å²) in [6.45, 7) is 8.61. The second kappa shape index (κ2) is 21.6. The smallest absolute Gasteiger partial charge is 1.00 e. The van der Waals surface area contributed by atoms with E-state index < -0.39 is 11.9 Å². The van der Waals surface area contributed by atoms with Crippen LogP contribution in [0.5, 0.6) is 0 Å². The van der Waals surface area contributed by atoms with Gasteiger partial charge in [-0.25, -0.2) is 4.79 Å². The molecule has 0 amide bonds. The maximum Gasteiger partial charge on any atom is 1.00 e. The molecule has 0 saturated carbocycles. The SMILES string of the molecule is C=CCCCC.CC(=N)C(=O)O.CCC(=O)O.[H-].[Na+]. The van der Waals surface area contributed by atoms with Crippen molar-refractivity contribution < 1.29 is 50.8 Å². The minimum atomic E-state index is -1.16. The van der Waals surface area contributed by atoms with Crippen molar-refractivity contribution in [2.24, 2.45) is 0 Å². The number of carbonyl (C=O) groups is 2. The first-order chi connectivity index (χ1) is 7.83. The summed E-state index contributed by atoms with van der Waals surface area (Å²) in [6.07, 6.45) is 5.94. The minimum Gasteiger partial charge on any atom is -1.00 e. The summed E-state index contributed by atoms with van der Waals surface area (Å²) in [5, 5.41) is 21.8. The van der Waals surface area contributed by atoms with E-state index in [0.717, 1.165) is 0 Å². The van der Waals surface area contributed by atoms with Gasteiger partial charge in [0.2, 0.25) is 0 Å². The average Bonchev–Trinajstić information content (AvgIpc) is 2.27. The molecule has 0 bridgehead atoms. The molecule has 0 aromatic rings.